The Hall–Kier alpha value is -0.0800. The van der Waals surface area contributed by atoms with Crippen LogP contribution in [-0.2, 0) is 4.74 Å². The van der Waals surface area contributed by atoms with Crippen molar-refractivity contribution in [1.29, 1.82) is 0 Å². The molecule has 0 bridgehead atoms. The first kappa shape index (κ1) is 14.0. The molecule has 1 rings (SSSR count). The number of hydrogen-bond acceptors (Lipinski definition) is 2. The van der Waals surface area contributed by atoms with Crippen LogP contribution in [0.25, 0.3) is 0 Å². The third kappa shape index (κ3) is 4.06. The van der Waals surface area contributed by atoms with E-state index in [4.69, 9.17) is 4.74 Å². The predicted molar refractivity (Wildman–Crippen MR) is 67.1 cm³/mol. The summed E-state index contributed by atoms with van der Waals surface area (Å²) >= 11 is 0. The van der Waals surface area contributed by atoms with E-state index in [9.17, 15) is 5.11 Å². The Bertz CT molecular complexity index is 191. The van der Waals surface area contributed by atoms with Crippen molar-refractivity contribution in [3.63, 3.8) is 0 Å². The van der Waals surface area contributed by atoms with Crippen molar-refractivity contribution in [2.75, 3.05) is 0 Å². The molecule has 0 aromatic heterocycles. The van der Waals surface area contributed by atoms with E-state index >= 15 is 0 Å². The molecule has 1 fully saturated rings. The van der Waals surface area contributed by atoms with Gasteiger partial charge in [0.2, 0.25) is 0 Å². The minimum Gasteiger partial charge on any atom is -0.368 e. The Morgan fingerprint density at radius 2 is 2.00 bits per heavy atom. The third-order valence-corrected chi connectivity index (χ3v) is 3.83. The first-order valence-corrected chi connectivity index (χ1v) is 6.88. The molecule has 1 aliphatic carbocycles. The SMILES string of the molecule is CCCC(O)OC1CC(C)CCC1C(C)C. The number of rotatable bonds is 5. The highest BCUT2D eigenvalue weighted by Gasteiger charge is 2.32. The second-order valence-electron chi connectivity index (χ2n) is 5.74. The molecule has 0 saturated heterocycles. The van der Waals surface area contributed by atoms with Gasteiger partial charge in [0, 0.05) is 0 Å². The van der Waals surface area contributed by atoms with Crippen molar-refractivity contribution in [2.24, 2.45) is 17.8 Å². The molecule has 1 aliphatic rings. The highest BCUT2D eigenvalue weighted by Crippen LogP contribution is 2.35. The van der Waals surface area contributed by atoms with Crippen LogP contribution in [0.3, 0.4) is 0 Å². The number of hydrogen-bond donors (Lipinski definition) is 1. The van der Waals surface area contributed by atoms with Crippen molar-refractivity contribution in [3.8, 4) is 0 Å². The van der Waals surface area contributed by atoms with Crippen LogP contribution in [0.1, 0.15) is 59.8 Å². The number of aliphatic hydroxyl groups is 1. The van der Waals surface area contributed by atoms with E-state index < -0.39 is 6.29 Å². The summed E-state index contributed by atoms with van der Waals surface area (Å²) in [5.74, 6) is 2.03. The summed E-state index contributed by atoms with van der Waals surface area (Å²) in [6, 6.07) is 0. The van der Waals surface area contributed by atoms with E-state index in [0.717, 1.165) is 25.2 Å². The highest BCUT2D eigenvalue weighted by atomic mass is 16.6. The molecule has 4 unspecified atom stereocenters. The van der Waals surface area contributed by atoms with E-state index in [1.807, 2.05) is 0 Å². The van der Waals surface area contributed by atoms with Crippen LogP contribution in [0.2, 0.25) is 0 Å². The lowest BCUT2D eigenvalue weighted by Crippen LogP contribution is -2.37. The molecule has 0 radical (unpaired) electrons. The topological polar surface area (TPSA) is 29.5 Å². The van der Waals surface area contributed by atoms with Crippen molar-refractivity contribution >= 4 is 0 Å². The minimum atomic E-state index is -0.554. The van der Waals surface area contributed by atoms with Crippen LogP contribution in [0, 0.1) is 17.8 Å². The van der Waals surface area contributed by atoms with Crippen LogP contribution in [-0.4, -0.2) is 17.5 Å². The Labute approximate surface area is 100 Å². The second-order valence-corrected chi connectivity index (χ2v) is 5.74. The fourth-order valence-corrected chi connectivity index (χ4v) is 2.79. The average molecular weight is 228 g/mol. The molecular formula is C14H28O2. The average Bonchev–Trinajstić information content (AvgIpc) is 2.17. The molecule has 16 heavy (non-hydrogen) atoms. The lowest BCUT2D eigenvalue weighted by Gasteiger charge is -2.38. The van der Waals surface area contributed by atoms with Gasteiger partial charge in [-0.3, -0.25) is 0 Å². The Morgan fingerprint density at radius 1 is 1.31 bits per heavy atom. The van der Waals surface area contributed by atoms with Crippen molar-refractivity contribution in [2.45, 2.75) is 72.2 Å². The van der Waals surface area contributed by atoms with E-state index in [1.165, 1.54) is 12.8 Å². The fraction of sp³-hybridized carbons (Fsp3) is 1.00. The summed E-state index contributed by atoms with van der Waals surface area (Å²) in [6.45, 7) is 8.90. The molecule has 0 amide bonds. The molecule has 0 spiro atoms. The van der Waals surface area contributed by atoms with E-state index in [-0.39, 0.29) is 6.10 Å². The van der Waals surface area contributed by atoms with Gasteiger partial charge in [-0.25, -0.2) is 0 Å². The van der Waals surface area contributed by atoms with E-state index in [0.29, 0.717) is 11.8 Å². The van der Waals surface area contributed by atoms with Gasteiger partial charge in [-0.15, -0.1) is 0 Å². The molecule has 0 aromatic rings. The van der Waals surface area contributed by atoms with Gasteiger partial charge in [0.1, 0.15) is 0 Å². The standard InChI is InChI=1S/C14H28O2/c1-5-6-14(15)16-13-9-11(4)7-8-12(13)10(2)3/h10-15H,5-9H2,1-4H3. The van der Waals surface area contributed by atoms with E-state index in [1.54, 1.807) is 0 Å². The van der Waals surface area contributed by atoms with Crippen molar-refractivity contribution < 1.29 is 9.84 Å². The highest BCUT2D eigenvalue weighted by molar-refractivity contribution is 4.81. The van der Waals surface area contributed by atoms with Gasteiger partial charge in [0.25, 0.3) is 0 Å². The fourth-order valence-electron chi connectivity index (χ4n) is 2.79. The minimum absolute atomic E-state index is 0.269. The monoisotopic (exact) mass is 228 g/mol. The number of ether oxygens (including phenoxy) is 1. The van der Waals surface area contributed by atoms with Crippen molar-refractivity contribution in [1.82, 2.24) is 0 Å². The zero-order valence-electron chi connectivity index (χ0n) is 11.3. The summed E-state index contributed by atoms with van der Waals surface area (Å²) in [5, 5.41) is 9.77. The Kier molecular flexibility index (Phi) is 5.77. The van der Waals surface area contributed by atoms with Crippen LogP contribution in [0.4, 0.5) is 0 Å². The maximum Gasteiger partial charge on any atom is 0.154 e. The molecule has 0 heterocycles. The van der Waals surface area contributed by atoms with Gasteiger partial charge in [-0.1, -0.05) is 40.5 Å². The summed E-state index contributed by atoms with van der Waals surface area (Å²) in [6.07, 6.45) is 5.14. The maximum absolute atomic E-state index is 9.77. The third-order valence-electron chi connectivity index (χ3n) is 3.83. The summed E-state index contributed by atoms with van der Waals surface area (Å²) in [5.41, 5.74) is 0. The van der Waals surface area contributed by atoms with Gasteiger partial charge < -0.3 is 9.84 Å². The first-order valence-electron chi connectivity index (χ1n) is 6.88. The molecule has 0 aliphatic heterocycles. The summed E-state index contributed by atoms with van der Waals surface area (Å²) in [7, 11) is 0. The summed E-state index contributed by atoms with van der Waals surface area (Å²) < 4.78 is 5.83. The van der Waals surface area contributed by atoms with Gasteiger partial charge in [-0.05, 0) is 37.0 Å². The molecule has 96 valence electrons. The van der Waals surface area contributed by atoms with Crippen LogP contribution in [0.5, 0.6) is 0 Å². The van der Waals surface area contributed by atoms with Crippen LogP contribution < -0.4 is 0 Å². The van der Waals surface area contributed by atoms with Gasteiger partial charge >= 0.3 is 0 Å². The second kappa shape index (κ2) is 6.61. The maximum atomic E-state index is 9.77. The molecule has 1 N–H and O–H groups in total. The molecule has 0 aromatic carbocycles. The zero-order valence-corrected chi connectivity index (χ0v) is 11.3. The van der Waals surface area contributed by atoms with Gasteiger partial charge in [0.15, 0.2) is 6.29 Å². The molecule has 2 nitrogen and oxygen atoms in total. The van der Waals surface area contributed by atoms with Crippen LogP contribution >= 0.6 is 0 Å². The van der Waals surface area contributed by atoms with E-state index in [2.05, 4.69) is 27.7 Å². The first-order chi connectivity index (χ1) is 7.54. The van der Waals surface area contributed by atoms with Gasteiger partial charge in [0.05, 0.1) is 6.10 Å². The molecule has 2 heteroatoms. The molecule has 1 saturated carbocycles. The lowest BCUT2D eigenvalue weighted by atomic mass is 9.75. The number of aliphatic hydroxyl groups excluding tert-OH is 1. The smallest absolute Gasteiger partial charge is 0.154 e. The largest absolute Gasteiger partial charge is 0.368 e. The molecular weight excluding hydrogens is 200 g/mol. The van der Waals surface area contributed by atoms with Gasteiger partial charge in [-0.2, -0.15) is 0 Å². The Balaban J connectivity index is 2.50. The zero-order chi connectivity index (χ0) is 12.1. The quantitative estimate of drug-likeness (QED) is 0.729. The van der Waals surface area contributed by atoms with Crippen molar-refractivity contribution in [3.05, 3.63) is 0 Å². The molecule has 4 atom stereocenters. The normalized spacial score (nSPS) is 33.0. The Morgan fingerprint density at radius 3 is 2.56 bits per heavy atom. The predicted octanol–water partition coefficient (Wildman–Crippen LogP) is 3.58. The lowest BCUT2D eigenvalue weighted by molar-refractivity contribution is -0.171. The van der Waals surface area contributed by atoms with Crippen LogP contribution in [0.15, 0.2) is 0 Å². The summed E-state index contributed by atoms with van der Waals surface area (Å²) in [4.78, 5) is 0.